The molecule has 6 heteroatoms. The summed E-state index contributed by atoms with van der Waals surface area (Å²) in [7, 11) is 1.63. The smallest absolute Gasteiger partial charge is 0.872 e. The molecule has 0 amide bonds. The monoisotopic (exact) mass is 409 g/mol. The molecule has 0 heterocycles. The molecular weight excluding hydrogens is 392 g/mol. The predicted octanol–water partition coefficient (Wildman–Crippen LogP) is 2.82. The molecule has 3 rings (SSSR count). The van der Waals surface area contributed by atoms with Gasteiger partial charge >= 0.3 is 17.1 Å². The fourth-order valence-electron chi connectivity index (χ4n) is 2.60. The van der Waals surface area contributed by atoms with E-state index < -0.39 is 5.92 Å². The van der Waals surface area contributed by atoms with Crippen molar-refractivity contribution in [3.05, 3.63) is 71.8 Å². The van der Waals surface area contributed by atoms with Gasteiger partial charge in [0.1, 0.15) is 5.75 Å². The van der Waals surface area contributed by atoms with Crippen molar-refractivity contribution < 1.29 is 32.0 Å². The minimum Gasteiger partial charge on any atom is -0.872 e. The summed E-state index contributed by atoms with van der Waals surface area (Å²) in [5, 5.41) is 33.4. The van der Waals surface area contributed by atoms with E-state index in [-0.39, 0.29) is 28.7 Å². The molecule has 0 aromatic heterocycles. The minimum atomic E-state index is -0.429. The van der Waals surface area contributed by atoms with Gasteiger partial charge in [0.2, 0.25) is 0 Å². The number of ether oxygens (including phenoxy) is 1. The van der Waals surface area contributed by atoms with Gasteiger partial charge in [0, 0.05) is 5.92 Å². The van der Waals surface area contributed by atoms with Crippen LogP contribution in [0, 0.1) is 0 Å². The average Bonchev–Trinajstić information content (AvgIpc) is 2.67. The van der Waals surface area contributed by atoms with Crippen LogP contribution >= 0.6 is 0 Å². The summed E-state index contributed by atoms with van der Waals surface area (Å²) in [5.74, 6) is -0.159. The Morgan fingerprint density at radius 1 is 1.04 bits per heavy atom. The van der Waals surface area contributed by atoms with E-state index in [1.54, 1.807) is 32.2 Å². The van der Waals surface area contributed by atoms with Gasteiger partial charge in [0.05, 0.1) is 13.3 Å². The van der Waals surface area contributed by atoms with Gasteiger partial charge in [0.25, 0.3) is 0 Å². The quantitative estimate of drug-likeness (QED) is 0.281. The topological polar surface area (TPSA) is 80.1 Å². The van der Waals surface area contributed by atoms with E-state index in [9.17, 15) is 10.2 Å². The van der Waals surface area contributed by atoms with Crippen LogP contribution in [0.2, 0.25) is 0 Å². The Labute approximate surface area is 168 Å². The van der Waals surface area contributed by atoms with Crippen LogP contribution in [0.4, 0.5) is 0 Å². The van der Waals surface area contributed by atoms with Crippen LogP contribution in [0.1, 0.15) is 24.0 Å². The summed E-state index contributed by atoms with van der Waals surface area (Å²) in [6, 6.07) is 18.1. The molecule has 0 aliphatic carbocycles. The molecule has 0 bridgehead atoms. The number of methoxy groups -OCH3 is 1. The van der Waals surface area contributed by atoms with Gasteiger partial charge < -0.3 is 14.9 Å². The van der Waals surface area contributed by atoms with Crippen molar-refractivity contribution in [2.45, 2.75) is 12.8 Å². The minimum absolute atomic E-state index is 0. The van der Waals surface area contributed by atoms with Crippen molar-refractivity contribution in [3.8, 4) is 11.5 Å². The fraction of sp³-hybridized carbons (Fsp3) is 0.143. The first-order valence-corrected chi connectivity index (χ1v) is 8.20. The van der Waals surface area contributed by atoms with Gasteiger partial charge in [-0.15, -0.1) is 0 Å². The van der Waals surface area contributed by atoms with Gasteiger partial charge in [-0.2, -0.15) is 10.2 Å². The standard InChI is InChI=1S/C21H20N2O3.Cu/c1-14(21(25)23-22-13-18-5-3-4-6-20(18)24)15-7-8-17-12-19(26-2)10-9-16(17)11-15;/h3-14,24H,1-2H3,(H,23,25);/q;+2/p-2/b22-13-;/t14-;/m0./s1. The molecule has 3 aromatic rings. The average molecular weight is 410 g/mol. The van der Waals surface area contributed by atoms with Crippen LogP contribution in [0.5, 0.6) is 11.5 Å². The van der Waals surface area contributed by atoms with E-state index in [0.717, 1.165) is 22.1 Å². The van der Waals surface area contributed by atoms with Gasteiger partial charge in [-0.3, -0.25) is 0 Å². The zero-order valence-electron chi connectivity index (χ0n) is 14.8. The Hall–Kier alpha value is -2.82. The second-order valence-electron chi connectivity index (χ2n) is 5.91. The summed E-state index contributed by atoms with van der Waals surface area (Å²) >= 11 is 0. The third-order valence-corrected chi connectivity index (χ3v) is 4.21. The van der Waals surface area contributed by atoms with Crippen LogP contribution in [0.15, 0.2) is 70.9 Å². The number of nitrogens with zero attached hydrogens (tertiary/aromatic N) is 2. The van der Waals surface area contributed by atoms with E-state index in [0.29, 0.717) is 5.56 Å². The Morgan fingerprint density at radius 3 is 2.48 bits per heavy atom. The van der Waals surface area contributed by atoms with E-state index in [4.69, 9.17) is 4.74 Å². The molecule has 5 nitrogen and oxygen atoms in total. The number of hydrogen-bond donors (Lipinski definition) is 0. The van der Waals surface area contributed by atoms with Crippen molar-refractivity contribution in [1.29, 1.82) is 0 Å². The summed E-state index contributed by atoms with van der Waals surface area (Å²) in [6.45, 7) is 1.79. The number of hydrogen-bond acceptors (Lipinski definition) is 5. The number of benzene rings is 3. The van der Waals surface area contributed by atoms with Crippen molar-refractivity contribution in [1.82, 2.24) is 0 Å². The van der Waals surface area contributed by atoms with Crippen LogP contribution in [0.25, 0.3) is 10.8 Å². The van der Waals surface area contributed by atoms with Crippen molar-refractivity contribution >= 4 is 22.9 Å². The SMILES string of the molecule is COc1ccc2cc([C@H](C)/C([O-])=N/N=C\c3ccccc3[O-])ccc2c1.[Cu+2]. The zero-order valence-corrected chi connectivity index (χ0v) is 15.8. The molecule has 3 aromatic carbocycles. The van der Waals surface area contributed by atoms with Crippen molar-refractivity contribution in [2.75, 3.05) is 7.11 Å². The van der Waals surface area contributed by atoms with Gasteiger partial charge in [-0.25, -0.2) is 0 Å². The van der Waals surface area contributed by atoms with Gasteiger partial charge in [-0.1, -0.05) is 61.2 Å². The third kappa shape index (κ3) is 4.88. The van der Waals surface area contributed by atoms with Crippen LogP contribution in [-0.4, -0.2) is 19.2 Å². The zero-order chi connectivity index (χ0) is 18.5. The van der Waals surface area contributed by atoms with Crippen LogP contribution in [0.3, 0.4) is 0 Å². The molecule has 0 spiro atoms. The molecule has 1 atom stereocenters. The molecular formula is C21H18CuN2O3. The maximum atomic E-state index is 12.3. The number of fused-ring (bicyclic) bond motifs is 1. The van der Waals surface area contributed by atoms with Crippen LogP contribution < -0.4 is 14.9 Å². The summed E-state index contributed by atoms with van der Waals surface area (Å²) in [6.07, 6.45) is 1.31. The molecule has 27 heavy (non-hydrogen) atoms. The fourth-order valence-corrected chi connectivity index (χ4v) is 2.60. The molecule has 0 aliphatic heterocycles. The van der Waals surface area contributed by atoms with Crippen molar-refractivity contribution in [2.24, 2.45) is 10.2 Å². The number of para-hydroxylation sites is 1. The maximum Gasteiger partial charge on any atom is 2.00 e. The Bertz CT molecular complexity index is 986. The molecule has 0 fully saturated rings. The van der Waals surface area contributed by atoms with E-state index in [1.807, 2.05) is 36.4 Å². The largest absolute Gasteiger partial charge is 2.00 e. The van der Waals surface area contributed by atoms with Crippen LogP contribution in [-0.2, 0) is 17.1 Å². The second-order valence-corrected chi connectivity index (χ2v) is 5.91. The third-order valence-electron chi connectivity index (χ3n) is 4.21. The molecule has 0 N–H and O–H groups in total. The normalized spacial score (nSPS) is 12.7. The summed E-state index contributed by atoms with van der Waals surface area (Å²) in [4.78, 5) is 0. The predicted molar refractivity (Wildman–Crippen MR) is 99.8 cm³/mol. The first-order valence-electron chi connectivity index (χ1n) is 8.20. The molecule has 0 unspecified atom stereocenters. The molecule has 0 saturated heterocycles. The number of rotatable bonds is 5. The van der Waals surface area contributed by atoms with E-state index in [1.165, 1.54) is 12.3 Å². The second kappa shape index (κ2) is 9.21. The molecule has 0 saturated carbocycles. The first kappa shape index (κ1) is 20.5. The Kier molecular flexibility index (Phi) is 6.99. The Balaban J connectivity index is 0.00000261. The molecule has 0 aliphatic rings. The van der Waals surface area contributed by atoms with Crippen molar-refractivity contribution in [3.63, 3.8) is 0 Å². The maximum absolute atomic E-state index is 12.3. The summed E-state index contributed by atoms with van der Waals surface area (Å²) in [5.41, 5.74) is 1.26. The van der Waals surface area contributed by atoms with E-state index in [2.05, 4.69) is 10.2 Å². The molecule has 141 valence electrons. The Morgan fingerprint density at radius 2 is 1.74 bits per heavy atom. The van der Waals surface area contributed by atoms with Gasteiger partial charge in [0.15, 0.2) is 0 Å². The van der Waals surface area contributed by atoms with Gasteiger partial charge in [-0.05, 0) is 39.9 Å². The molecule has 1 radical (unpaired) electrons. The summed E-state index contributed by atoms with van der Waals surface area (Å²) < 4.78 is 5.22. The first-order chi connectivity index (χ1) is 12.6. The van der Waals surface area contributed by atoms with E-state index >= 15 is 0 Å².